The van der Waals surface area contributed by atoms with Crippen molar-refractivity contribution in [2.45, 2.75) is 25.4 Å². The largest absolute Gasteiger partial charge is 0.497 e. The molecule has 16 heavy (non-hydrogen) atoms. The Morgan fingerprint density at radius 3 is 2.88 bits per heavy atom. The molecule has 0 spiro atoms. The molecule has 0 aromatic heterocycles. The monoisotopic (exact) mass is 221 g/mol. The Bertz CT molecular complexity index is 365. The minimum Gasteiger partial charge on any atom is -0.497 e. The standard InChI is InChI=1S/C13H19NO2/c1-9-6-10-4-5-11(16-3)7-12(10)13(14-9)8-15-2/h4-5,7,9,13-14H,6,8H2,1-3H3. The molecule has 1 aromatic rings. The summed E-state index contributed by atoms with van der Waals surface area (Å²) < 4.78 is 10.5. The van der Waals surface area contributed by atoms with Crippen molar-refractivity contribution in [2.75, 3.05) is 20.8 Å². The third kappa shape index (κ3) is 2.20. The maximum absolute atomic E-state index is 5.26. The summed E-state index contributed by atoms with van der Waals surface area (Å²) in [5.41, 5.74) is 2.70. The lowest BCUT2D eigenvalue weighted by Gasteiger charge is -2.31. The molecule has 2 rings (SSSR count). The highest BCUT2D eigenvalue weighted by Gasteiger charge is 2.23. The average Bonchev–Trinajstić information content (AvgIpc) is 2.29. The first-order valence-corrected chi connectivity index (χ1v) is 5.66. The van der Waals surface area contributed by atoms with E-state index in [0.29, 0.717) is 12.6 Å². The molecule has 3 nitrogen and oxygen atoms in total. The highest BCUT2D eigenvalue weighted by Crippen LogP contribution is 2.28. The number of rotatable bonds is 3. The Kier molecular flexibility index (Phi) is 3.46. The predicted octanol–water partition coefficient (Wildman–Crippen LogP) is 1.92. The summed E-state index contributed by atoms with van der Waals surface area (Å²) in [7, 11) is 3.44. The van der Waals surface area contributed by atoms with Crippen molar-refractivity contribution < 1.29 is 9.47 Å². The Balaban J connectivity index is 2.33. The van der Waals surface area contributed by atoms with Crippen molar-refractivity contribution in [2.24, 2.45) is 0 Å². The molecule has 0 saturated heterocycles. The molecule has 0 amide bonds. The normalized spacial score (nSPS) is 23.9. The number of hydrogen-bond acceptors (Lipinski definition) is 3. The smallest absolute Gasteiger partial charge is 0.119 e. The van der Waals surface area contributed by atoms with Crippen LogP contribution in [0, 0.1) is 0 Å². The summed E-state index contributed by atoms with van der Waals surface area (Å²) in [5, 5.41) is 3.54. The Hall–Kier alpha value is -1.06. The van der Waals surface area contributed by atoms with Crippen LogP contribution in [0.4, 0.5) is 0 Å². The van der Waals surface area contributed by atoms with Crippen LogP contribution in [0.2, 0.25) is 0 Å². The van der Waals surface area contributed by atoms with E-state index < -0.39 is 0 Å². The van der Waals surface area contributed by atoms with Crippen LogP contribution in [0.25, 0.3) is 0 Å². The van der Waals surface area contributed by atoms with Gasteiger partial charge in [-0.25, -0.2) is 0 Å². The zero-order valence-electron chi connectivity index (χ0n) is 10.1. The molecule has 1 heterocycles. The van der Waals surface area contributed by atoms with Gasteiger partial charge in [0.1, 0.15) is 5.75 Å². The zero-order chi connectivity index (χ0) is 11.5. The molecule has 3 heteroatoms. The molecular formula is C13H19NO2. The molecule has 0 bridgehead atoms. The Morgan fingerprint density at radius 2 is 2.19 bits per heavy atom. The van der Waals surface area contributed by atoms with E-state index in [1.54, 1.807) is 14.2 Å². The Labute approximate surface area is 96.8 Å². The van der Waals surface area contributed by atoms with Gasteiger partial charge in [0.25, 0.3) is 0 Å². The van der Waals surface area contributed by atoms with E-state index >= 15 is 0 Å². The second-order valence-electron chi connectivity index (χ2n) is 4.34. The lowest BCUT2D eigenvalue weighted by molar-refractivity contribution is 0.157. The van der Waals surface area contributed by atoms with Crippen molar-refractivity contribution in [1.82, 2.24) is 5.32 Å². The minimum absolute atomic E-state index is 0.277. The first kappa shape index (κ1) is 11.4. The van der Waals surface area contributed by atoms with Gasteiger partial charge in [0.05, 0.1) is 19.8 Å². The Morgan fingerprint density at radius 1 is 1.38 bits per heavy atom. The number of hydrogen-bond donors (Lipinski definition) is 1. The van der Waals surface area contributed by atoms with E-state index in [4.69, 9.17) is 9.47 Å². The minimum atomic E-state index is 0.277. The first-order valence-electron chi connectivity index (χ1n) is 5.66. The van der Waals surface area contributed by atoms with Gasteiger partial charge in [-0.15, -0.1) is 0 Å². The van der Waals surface area contributed by atoms with Crippen molar-refractivity contribution in [3.63, 3.8) is 0 Å². The molecule has 88 valence electrons. The SMILES string of the molecule is COCC1NC(C)Cc2ccc(OC)cc21. The maximum atomic E-state index is 5.26. The van der Waals surface area contributed by atoms with Gasteiger partial charge in [-0.1, -0.05) is 6.07 Å². The number of benzene rings is 1. The van der Waals surface area contributed by atoms with Gasteiger partial charge in [0.2, 0.25) is 0 Å². The molecular weight excluding hydrogens is 202 g/mol. The lowest BCUT2D eigenvalue weighted by atomic mass is 9.91. The summed E-state index contributed by atoms with van der Waals surface area (Å²) in [6.07, 6.45) is 1.07. The third-order valence-corrected chi connectivity index (χ3v) is 3.07. The second kappa shape index (κ2) is 4.85. The van der Waals surface area contributed by atoms with Gasteiger partial charge in [-0.3, -0.25) is 0 Å². The van der Waals surface area contributed by atoms with E-state index in [2.05, 4.69) is 24.4 Å². The fourth-order valence-electron chi connectivity index (χ4n) is 2.34. The van der Waals surface area contributed by atoms with Gasteiger partial charge in [-0.2, -0.15) is 0 Å². The molecule has 2 atom stereocenters. The van der Waals surface area contributed by atoms with Crippen LogP contribution >= 0.6 is 0 Å². The molecule has 2 unspecified atom stereocenters. The van der Waals surface area contributed by atoms with E-state index in [9.17, 15) is 0 Å². The number of nitrogens with one attached hydrogen (secondary N) is 1. The van der Waals surface area contributed by atoms with Crippen LogP contribution < -0.4 is 10.1 Å². The highest BCUT2D eigenvalue weighted by molar-refractivity contribution is 5.39. The average molecular weight is 221 g/mol. The van der Waals surface area contributed by atoms with Crippen LogP contribution in [0.1, 0.15) is 24.1 Å². The highest BCUT2D eigenvalue weighted by atomic mass is 16.5. The van der Waals surface area contributed by atoms with Crippen LogP contribution in [-0.4, -0.2) is 26.9 Å². The van der Waals surface area contributed by atoms with E-state index in [0.717, 1.165) is 12.2 Å². The maximum Gasteiger partial charge on any atom is 0.119 e. The summed E-state index contributed by atoms with van der Waals surface area (Å²) >= 11 is 0. The summed E-state index contributed by atoms with van der Waals surface area (Å²) in [4.78, 5) is 0. The first-order chi connectivity index (χ1) is 7.74. The van der Waals surface area contributed by atoms with Crippen molar-refractivity contribution in [3.8, 4) is 5.75 Å². The fourth-order valence-corrected chi connectivity index (χ4v) is 2.34. The molecule has 0 fully saturated rings. The van der Waals surface area contributed by atoms with Crippen LogP contribution in [0.3, 0.4) is 0 Å². The summed E-state index contributed by atoms with van der Waals surface area (Å²) in [6, 6.07) is 7.08. The second-order valence-corrected chi connectivity index (χ2v) is 4.34. The fraction of sp³-hybridized carbons (Fsp3) is 0.538. The summed E-state index contributed by atoms with van der Waals surface area (Å²) in [5.74, 6) is 0.913. The molecule has 1 N–H and O–H groups in total. The number of fused-ring (bicyclic) bond motifs is 1. The third-order valence-electron chi connectivity index (χ3n) is 3.07. The van der Waals surface area contributed by atoms with Gasteiger partial charge >= 0.3 is 0 Å². The quantitative estimate of drug-likeness (QED) is 0.846. The molecule has 1 aromatic carbocycles. The van der Waals surface area contributed by atoms with Crippen LogP contribution in [-0.2, 0) is 11.2 Å². The summed E-state index contributed by atoms with van der Waals surface area (Å²) in [6.45, 7) is 2.90. The van der Waals surface area contributed by atoms with Gasteiger partial charge < -0.3 is 14.8 Å². The topological polar surface area (TPSA) is 30.5 Å². The van der Waals surface area contributed by atoms with E-state index in [1.807, 2.05) is 6.07 Å². The lowest BCUT2D eigenvalue weighted by Crippen LogP contribution is -2.39. The predicted molar refractivity (Wildman–Crippen MR) is 63.9 cm³/mol. The van der Waals surface area contributed by atoms with E-state index in [-0.39, 0.29) is 6.04 Å². The van der Waals surface area contributed by atoms with Gasteiger partial charge in [0.15, 0.2) is 0 Å². The molecule has 1 aliphatic heterocycles. The molecule has 1 aliphatic rings. The number of methoxy groups -OCH3 is 2. The molecule has 0 radical (unpaired) electrons. The van der Waals surface area contributed by atoms with Crippen LogP contribution in [0.5, 0.6) is 5.75 Å². The van der Waals surface area contributed by atoms with Crippen molar-refractivity contribution in [3.05, 3.63) is 29.3 Å². The molecule has 0 saturated carbocycles. The van der Waals surface area contributed by atoms with Gasteiger partial charge in [0, 0.05) is 13.2 Å². The number of ether oxygens (including phenoxy) is 2. The molecule has 0 aliphatic carbocycles. The van der Waals surface area contributed by atoms with Gasteiger partial charge in [-0.05, 0) is 36.6 Å². The van der Waals surface area contributed by atoms with E-state index in [1.165, 1.54) is 11.1 Å². The van der Waals surface area contributed by atoms with Crippen LogP contribution in [0.15, 0.2) is 18.2 Å². The van der Waals surface area contributed by atoms with Crippen molar-refractivity contribution >= 4 is 0 Å². The zero-order valence-corrected chi connectivity index (χ0v) is 10.1. The van der Waals surface area contributed by atoms with Crippen molar-refractivity contribution in [1.29, 1.82) is 0 Å².